The molecule has 2 aromatic carbocycles. The summed E-state index contributed by atoms with van der Waals surface area (Å²) in [6, 6.07) is 14.8. The van der Waals surface area contributed by atoms with Crippen molar-refractivity contribution in [3.63, 3.8) is 0 Å². The maximum Gasteiger partial charge on any atom is 0.387 e. The van der Waals surface area contributed by atoms with Gasteiger partial charge in [0.25, 0.3) is 11.5 Å². The van der Waals surface area contributed by atoms with Gasteiger partial charge in [-0.05, 0) is 37.1 Å². The number of hydrogen-bond acceptors (Lipinski definition) is 6. The summed E-state index contributed by atoms with van der Waals surface area (Å²) < 4.78 is 37.3. The summed E-state index contributed by atoms with van der Waals surface area (Å²) in [5.41, 5.74) is -0.0840. The third-order valence-corrected chi connectivity index (χ3v) is 6.60. The molecule has 0 bridgehead atoms. The number of hydrogen-bond donors (Lipinski definition) is 0. The second-order valence-corrected chi connectivity index (χ2v) is 8.66. The zero-order chi connectivity index (χ0) is 24.9. The Hall–Kier alpha value is -3.97. The average molecular weight is 498 g/mol. The Morgan fingerprint density at radius 3 is 2.43 bits per heavy atom. The fourth-order valence-corrected chi connectivity index (χ4v) is 4.97. The number of alkyl halides is 2. The molecule has 2 heterocycles. The first-order chi connectivity index (χ1) is 16.9. The van der Waals surface area contributed by atoms with Gasteiger partial charge in [-0.1, -0.05) is 30.3 Å². The lowest BCUT2D eigenvalue weighted by Gasteiger charge is -2.14. The molecule has 180 valence electrons. The Labute approximate surface area is 203 Å². The van der Waals surface area contributed by atoms with Gasteiger partial charge in [0.1, 0.15) is 22.2 Å². The number of benzene rings is 2. The summed E-state index contributed by atoms with van der Waals surface area (Å²) in [7, 11) is 1.45. The number of aromatic nitrogens is 1. The molecule has 0 radical (unpaired) electrons. The van der Waals surface area contributed by atoms with Crippen LogP contribution in [-0.4, -0.2) is 42.2 Å². The van der Waals surface area contributed by atoms with Crippen LogP contribution in [0.3, 0.4) is 0 Å². The summed E-state index contributed by atoms with van der Waals surface area (Å²) in [4.78, 5) is 28.4. The largest absolute Gasteiger partial charge is 0.495 e. The summed E-state index contributed by atoms with van der Waals surface area (Å²) in [5, 5.41) is 9.95. The molecule has 0 atom stereocenters. The predicted molar refractivity (Wildman–Crippen MR) is 127 cm³/mol. The van der Waals surface area contributed by atoms with Gasteiger partial charge in [0.15, 0.2) is 5.57 Å². The van der Waals surface area contributed by atoms with E-state index >= 15 is 0 Å². The molecule has 0 saturated carbocycles. The van der Waals surface area contributed by atoms with Crippen molar-refractivity contribution >= 4 is 28.9 Å². The second kappa shape index (κ2) is 10.5. The van der Waals surface area contributed by atoms with Gasteiger partial charge in [0.2, 0.25) is 0 Å². The number of carbonyl (C=O) groups is 1. The molecule has 35 heavy (non-hydrogen) atoms. The fourth-order valence-electron chi connectivity index (χ4n) is 3.89. The van der Waals surface area contributed by atoms with Crippen LogP contribution in [-0.2, 0) is 4.79 Å². The molecule has 1 fully saturated rings. The van der Waals surface area contributed by atoms with E-state index < -0.39 is 18.1 Å². The Morgan fingerprint density at radius 2 is 1.77 bits per heavy atom. The number of nitriles is 1. The van der Waals surface area contributed by atoms with Gasteiger partial charge in [0, 0.05) is 18.7 Å². The molecule has 0 spiro atoms. The van der Waals surface area contributed by atoms with E-state index in [1.54, 1.807) is 35.2 Å². The van der Waals surface area contributed by atoms with Gasteiger partial charge < -0.3 is 14.4 Å². The van der Waals surface area contributed by atoms with Crippen LogP contribution >= 0.6 is 11.3 Å². The Bertz CT molecular complexity index is 1470. The molecule has 7 nitrogen and oxygen atoms in total. The molecular formula is C25H21F2N3O4S. The number of rotatable bonds is 6. The van der Waals surface area contributed by atoms with E-state index in [9.17, 15) is 23.6 Å². The van der Waals surface area contributed by atoms with E-state index in [2.05, 4.69) is 4.74 Å². The van der Waals surface area contributed by atoms with Gasteiger partial charge in [-0.3, -0.25) is 14.2 Å². The summed E-state index contributed by atoms with van der Waals surface area (Å²) in [6.07, 6.45) is 3.09. The number of ether oxygens (including phenoxy) is 2. The first-order valence-corrected chi connectivity index (χ1v) is 11.6. The highest BCUT2D eigenvalue weighted by Gasteiger charge is 2.25. The summed E-state index contributed by atoms with van der Waals surface area (Å²) in [5.74, 6) is -0.186. The van der Waals surface area contributed by atoms with Crippen LogP contribution in [0.2, 0.25) is 0 Å². The van der Waals surface area contributed by atoms with Crippen LogP contribution in [0, 0.1) is 11.3 Å². The van der Waals surface area contributed by atoms with Gasteiger partial charge in [-0.15, -0.1) is 11.3 Å². The maximum absolute atomic E-state index is 13.6. The summed E-state index contributed by atoms with van der Waals surface area (Å²) >= 11 is 0.932. The molecule has 1 aliphatic rings. The van der Waals surface area contributed by atoms with Crippen LogP contribution in [0.1, 0.15) is 18.4 Å². The minimum Gasteiger partial charge on any atom is -0.495 e. The van der Waals surface area contributed by atoms with Crippen molar-refractivity contribution in [2.75, 3.05) is 20.2 Å². The van der Waals surface area contributed by atoms with Gasteiger partial charge in [-0.2, -0.15) is 14.0 Å². The molecule has 3 aromatic rings. The van der Waals surface area contributed by atoms with E-state index in [4.69, 9.17) is 4.74 Å². The third-order valence-electron chi connectivity index (χ3n) is 5.50. The second-order valence-electron chi connectivity index (χ2n) is 7.63. The molecular weight excluding hydrogens is 476 g/mol. The number of para-hydroxylation sites is 3. The van der Waals surface area contributed by atoms with E-state index in [1.807, 2.05) is 6.07 Å². The van der Waals surface area contributed by atoms with E-state index in [0.29, 0.717) is 24.5 Å². The molecule has 0 aliphatic carbocycles. The fraction of sp³-hybridized carbons (Fsp3) is 0.240. The number of likely N-dealkylation sites (tertiary alicyclic amines) is 1. The van der Waals surface area contributed by atoms with Crippen molar-refractivity contribution in [3.05, 3.63) is 73.6 Å². The van der Waals surface area contributed by atoms with Gasteiger partial charge >= 0.3 is 6.61 Å². The van der Waals surface area contributed by atoms with Crippen LogP contribution in [0.15, 0.2) is 53.3 Å². The Kier molecular flexibility index (Phi) is 7.27. The Balaban J connectivity index is 2.04. The number of carbonyl (C=O) groups excluding carboxylic acids is 1. The minimum atomic E-state index is -3.04. The molecule has 1 saturated heterocycles. The van der Waals surface area contributed by atoms with Crippen LogP contribution in [0.5, 0.6) is 11.5 Å². The quantitative estimate of drug-likeness (QED) is 0.523. The lowest BCUT2D eigenvalue weighted by atomic mass is 10.2. The molecule has 4 rings (SSSR count). The van der Waals surface area contributed by atoms with Gasteiger partial charge in [0.05, 0.1) is 17.3 Å². The minimum absolute atomic E-state index is 0.0988. The zero-order valence-electron chi connectivity index (χ0n) is 18.7. The number of thiazole rings is 1. The molecule has 1 aromatic heterocycles. The number of methoxy groups -OCH3 is 1. The number of amides is 1. The van der Waals surface area contributed by atoms with Crippen molar-refractivity contribution < 1.29 is 23.0 Å². The standard InChI is InChI=1S/C25H21F2N3O4S/c1-33-20-11-5-3-9-18(20)30-23(32)21(14-16-8-2-4-10-19(16)34-25(26)27)35-24(30)17(15-28)22(31)29-12-6-7-13-29/h2-5,8-11,14,25H,6-7,12-13H2,1H3/b21-14+,24-17-. The van der Waals surface area contributed by atoms with Crippen LogP contribution < -0.4 is 24.2 Å². The third kappa shape index (κ3) is 4.95. The lowest BCUT2D eigenvalue weighted by molar-refractivity contribution is -0.123. The first-order valence-electron chi connectivity index (χ1n) is 10.8. The van der Waals surface area contributed by atoms with Crippen molar-refractivity contribution in [1.82, 2.24) is 9.47 Å². The molecule has 0 N–H and O–H groups in total. The molecule has 10 heteroatoms. The van der Waals surface area contributed by atoms with Crippen molar-refractivity contribution in [2.24, 2.45) is 0 Å². The Morgan fingerprint density at radius 1 is 1.11 bits per heavy atom. The zero-order valence-corrected chi connectivity index (χ0v) is 19.6. The SMILES string of the molecule is COc1ccccc1-n1c(=O)/c(=C\c2ccccc2OC(F)F)s/c1=C(/C#N)C(=O)N1CCCC1. The summed E-state index contributed by atoms with van der Waals surface area (Å²) in [6.45, 7) is -1.97. The van der Waals surface area contributed by atoms with Crippen molar-refractivity contribution in [2.45, 2.75) is 19.5 Å². The highest BCUT2D eigenvalue weighted by atomic mass is 32.1. The smallest absolute Gasteiger partial charge is 0.387 e. The topological polar surface area (TPSA) is 84.6 Å². The van der Waals surface area contributed by atoms with E-state index in [1.165, 1.54) is 36.0 Å². The van der Waals surface area contributed by atoms with Crippen LogP contribution in [0.4, 0.5) is 8.78 Å². The average Bonchev–Trinajstić information content (AvgIpc) is 3.49. The van der Waals surface area contributed by atoms with Gasteiger partial charge in [-0.25, -0.2) is 0 Å². The highest BCUT2D eigenvalue weighted by Crippen LogP contribution is 2.22. The number of halogens is 2. The first kappa shape index (κ1) is 24.2. The van der Waals surface area contributed by atoms with E-state index in [-0.39, 0.29) is 26.1 Å². The number of nitrogens with zero attached hydrogens (tertiary/aromatic N) is 3. The normalized spacial score (nSPS) is 14.7. The monoisotopic (exact) mass is 497 g/mol. The van der Waals surface area contributed by atoms with Crippen molar-refractivity contribution in [1.29, 1.82) is 5.26 Å². The highest BCUT2D eigenvalue weighted by molar-refractivity contribution is 7.07. The lowest BCUT2D eigenvalue weighted by Crippen LogP contribution is -2.35. The predicted octanol–water partition coefficient (Wildman–Crippen LogP) is 2.63. The molecule has 0 unspecified atom stereocenters. The van der Waals surface area contributed by atoms with Crippen LogP contribution in [0.25, 0.3) is 17.3 Å². The molecule has 1 aliphatic heterocycles. The van der Waals surface area contributed by atoms with E-state index in [0.717, 1.165) is 24.2 Å². The van der Waals surface area contributed by atoms with Crippen molar-refractivity contribution in [3.8, 4) is 23.3 Å². The maximum atomic E-state index is 13.6. The molecule has 1 amide bonds.